The van der Waals surface area contributed by atoms with Gasteiger partial charge in [-0.25, -0.2) is 9.59 Å². The molecule has 0 aromatic carbocycles. The molecule has 25 heavy (non-hydrogen) atoms. The number of hydrogen-bond acceptors (Lipinski definition) is 7. The number of carbonyl (C=O) groups excluding carboxylic acids is 2. The van der Waals surface area contributed by atoms with Crippen molar-refractivity contribution in [3.63, 3.8) is 0 Å². The number of aliphatic hydroxyl groups is 2. The Kier molecular flexibility index (Phi) is 3.47. The lowest BCUT2D eigenvalue weighted by atomic mass is 9.72. The van der Waals surface area contributed by atoms with Crippen LogP contribution in [-0.4, -0.2) is 40.6 Å². The summed E-state index contributed by atoms with van der Waals surface area (Å²) in [6.45, 7) is 4.21. The summed E-state index contributed by atoms with van der Waals surface area (Å²) in [5.74, 6) is -2.46. The van der Waals surface area contributed by atoms with E-state index in [1.54, 1.807) is 0 Å². The number of aliphatic hydroxyl groups excluding tert-OH is 2. The maximum Gasteiger partial charge on any atom is 0.376 e. The van der Waals surface area contributed by atoms with Gasteiger partial charge in [0.05, 0.1) is 23.9 Å². The molecule has 4 aliphatic rings. The van der Waals surface area contributed by atoms with E-state index < -0.39 is 42.1 Å². The molecule has 0 radical (unpaired) electrons. The van der Waals surface area contributed by atoms with E-state index in [1.165, 1.54) is 6.26 Å². The van der Waals surface area contributed by atoms with Crippen LogP contribution in [0.25, 0.3) is 0 Å². The second-order valence-corrected chi connectivity index (χ2v) is 7.51. The molecule has 0 saturated carbocycles. The second-order valence-electron chi connectivity index (χ2n) is 7.51. The first-order valence-corrected chi connectivity index (χ1v) is 8.39. The lowest BCUT2D eigenvalue weighted by Gasteiger charge is -2.34. The van der Waals surface area contributed by atoms with Gasteiger partial charge in [0.2, 0.25) is 5.76 Å². The fourth-order valence-corrected chi connectivity index (χ4v) is 4.38. The zero-order chi connectivity index (χ0) is 17.9. The highest BCUT2D eigenvalue weighted by Crippen LogP contribution is 2.54. The van der Waals surface area contributed by atoms with Crippen molar-refractivity contribution < 1.29 is 34.0 Å². The SMILES string of the molecule is CC1(C)CCCC2=C1[C@H]1OC(=O)/C(=C/OC3C=C(O)C(=O)O3)[C@H]1[C@@H]2O. The van der Waals surface area contributed by atoms with Crippen molar-refractivity contribution in [2.75, 3.05) is 0 Å². The van der Waals surface area contributed by atoms with Crippen LogP contribution < -0.4 is 0 Å². The zero-order valence-electron chi connectivity index (χ0n) is 14.0. The number of rotatable bonds is 2. The van der Waals surface area contributed by atoms with Gasteiger partial charge in [0, 0.05) is 6.08 Å². The Labute approximate surface area is 144 Å². The molecule has 0 spiro atoms. The van der Waals surface area contributed by atoms with Gasteiger partial charge in [-0.15, -0.1) is 0 Å². The minimum atomic E-state index is -1.09. The second kappa shape index (κ2) is 5.36. The van der Waals surface area contributed by atoms with E-state index in [0.29, 0.717) is 0 Å². The number of ether oxygens (including phenoxy) is 3. The minimum absolute atomic E-state index is 0.125. The van der Waals surface area contributed by atoms with Crippen molar-refractivity contribution in [3.8, 4) is 0 Å². The highest BCUT2D eigenvalue weighted by atomic mass is 16.7. The molecule has 2 aliphatic carbocycles. The smallest absolute Gasteiger partial charge is 0.376 e. The summed E-state index contributed by atoms with van der Waals surface area (Å²) in [6.07, 6.45) is 2.71. The molecule has 134 valence electrons. The van der Waals surface area contributed by atoms with Crippen LogP contribution in [0.1, 0.15) is 33.1 Å². The fourth-order valence-electron chi connectivity index (χ4n) is 4.38. The van der Waals surface area contributed by atoms with Crippen LogP contribution in [0.15, 0.2) is 34.8 Å². The molecule has 1 fully saturated rings. The Bertz CT molecular complexity index is 743. The summed E-state index contributed by atoms with van der Waals surface area (Å²) < 4.78 is 15.6. The van der Waals surface area contributed by atoms with Crippen LogP contribution >= 0.6 is 0 Å². The first kappa shape index (κ1) is 16.2. The Morgan fingerprint density at radius 2 is 2.04 bits per heavy atom. The van der Waals surface area contributed by atoms with E-state index in [1.807, 2.05) is 0 Å². The Morgan fingerprint density at radius 3 is 2.72 bits per heavy atom. The molecule has 1 saturated heterocycles. The monoisotopic (exact) mass is 348 g/mol. The van der Waals surface area contributed by atoms with E-state index in [4.69, 9.17) is 14.2 Å². The van der Waals surface area contributed by atoms with Crippen LogP contribution in [0.4, 0.5) is 0 Å². The maximum absolute atomic E-state index is 12.3. The van der Waals surface area contributed by atoms with Gasteiger partial charge >= 0.3 is 11.9 Å². The third-order valence-corrected chi connectivity index (χ3v) is 5.52. The van der Waals surface area contributed by atoms with Gasteiger partial charge < -0.3 is 24.4 Å². The first-order valence-electron chi connectivity index (χ1n) is 8.39. The van der Waals surface area contributed by atoms with Crippen LogP contribution in [0, 0.1) is 11.3 Å². The largest absolute Gasteiger partial charge is 0.502 e. The Balaban J connectivity index is 1.60. The molecule has 4 atom stereocenters. The van der Waals surface area contributed by atoms with Gasteiger partial charge in [-0.05, 0) is 35.8 Å². The highest BCUT2D eigenvalue weighted by Gasteiger charge is 2.56. The van der Waals surface area contributed by atoms with Crippen LogP contribution in [0.2, 0.25) is 0 Å². The molecular weight excluding hydrogens is 328 g/mol. The van der Waals surface area contributed by atoms with Crippen molar-refractivity contribution in [1.29, 1.82) is 0 Å². The van der Waals surface area contributed by atoms with Gasteiger partial charge in [-0.2, -0.15) is 0 Å². The number of cyclic esters (lactones) is 1. The topological polar surface area (TPSA) is 102 Å². The molecule has 7 heteroatoms. The van der Waals surface area contributed by atoms with Crippen molar-refractivity contribution in [3.05, 3.63) is 34.8 Å². The van der Waals surface area contributed by atoms with Gasteiger partial charge in [0.25, 0.3) is 6.29 Å². The predicted molar refractivity (Wildman–Crippen MR) is 83.8 cm³/mol. The normalized spacial score (nSPS) is 37.6. The van der Waals surface area contributed by atoms with Gasteiger partial charge in [-0.3, -0.25) is 0 Å². The summed E-state index contributed by atoms with van der Waals surface area (Å²) >= 11 is 0. The van der Waals surface area contributed by atoms with Crippen LogP contribution in [-0.2, 0) is 23.8 Å². The average molecular weight is 348 g/mol. The number of hydrogen-bond donors (Lipinski definition) is 2. The van der Waals surface area contributed by atoms with E-state index >= 15 is 0 Å². The van der Waals surface area contributed by atoms with Crippen LogP contribution in [0.5, 0.6) is 0 Å². The summed E-state index contributed by atoms with van der Waals surface area (Å²) in [5, 5.41) is 20.0. The van der Waals surface area contributed by atoms with Gasteiger partial charge in [0.1, 0.15) is 6.10 Å². The lowest BCUT2D eigenvalue weighted by molar-refractivity contribution is -0.154. The molecule has 0 aromatic heterocycles. The quantitative estimate of drug-likeness (QED) is 0.338. The average Bonchev–Trinajstić information content (AvgIpc) is 3.11. The number of carbonyl (C=O) groups is 2. The van der Waals surface area contributed by atoms with Crippen molar-refractivity contribution in [2.24, 2.45) is 11.3 Å². The third kappa shape index (κ3) is 2.37. The summed E-state index contributed by atoms with van der Waals surface area (Å²) in [7, 11) is 0. The van der Waals surface area contributed by atoms with Crippen molar-refractivity contribution >= 4 is 11.9 Å². The fraction of sp³-hybridized carbons (Fsp3) is 0.556. The standard InChI is InChI=1S/C18H20O7/c1-18(2)5-3-4-8-13(18)15-12(14(8)20)9(16(21)25-15)7-23-11-6-10(19)17(22)24-11/h6-7,11-12,14-15,19-20H,3-5H2,1-2H3/b9-7+/t11?,12-,14+,15-/m0/s1. The highest BCUT2D eigenvalue weighted by molar-refractivity contribution is 5.92. The minimum Gasteiger partial charge on any atom is -0.502 e. The lowest BCUT2D eigenvalue weighted by Crippen LogP contribution is -2.27. The molecule has 4 rings (SSSR count). The van der Waals surface area contributed by atoms with Crippen LogP contribution in [0.3, 0.4) is 0 Å². The van der Waals surface area contributed by atoms with E-state index in [0.717, 1.165) is 36.5 Å². The molecule has 2 N–H and O–H groups in total. The molecule has 0 amide bonds. The number of esters is 2. The molecule has 7 nitrogen and oxygen atoms in total. The summed E-state index contributed by atoms with van der Waals surface area (Å²) in [4.78, 5) is 23.4. The first-order chi connectivity index (χ1) is 11.8. The van der Waals surface area contributed by atoms with Crippen molar-refractivity contribution in [1.82, 2.24) is 0 Å². The number of fused-ring (bicyclic) bond motifs is 2. The van der Waals surface area contributed by atoms with Gasteiger partial charge in [0.15, 0.2) is 0 Å². The molecule has 2 aliphatic heterocycles. The third-order valence-electron chi connectivity index (χ3n) is 5.52. The van der Waals surface area contributed by atoms with Crippen molar-refractivity contribution in [2.45, 2.75) is 51.6 Å². The Hall–Kier alpha value is -2.28. The molecule has 0 bridgehead atoms. The zero-order valence-corrected chi connectivity index (χ0v) is 14.0. The summed E-state index contributed by atoms with van der Waals surface area (Å²) in [6, 6.07) is 0. The summed E-state index contributed by atoms with van der Waals surface area (Å²) in [5.41, 5.74) is 2.09. The Morgan fingerprint density at radius 1 is 1.28 bits per heavy atom. The van der Waals surface area contributed by atoms with E-state index in [-0.39, 0.29) is 11.0 Å². The molecular formula is C18H20O7. The maximum atomic E-state index is 12.3. The van der Waals surface area contributed by atoms with Gasteiger partial charge in [-0.1, -0.05) is 13.8 Å². The predicted octanol–water partition coefficient (Wildman–Crippen LogP) is 1.63. The molecule has 1 unspecified atom stereocenters. The van der Waals surface area contributed by atoms with E-state index in [2.05, 4.69) is 13.8 Å². The van der Waals surface area contributed by atoms with E-state index in [9.17, 15) is 19.8 Å². The molecule has 0 aromatic rings. The molecule has 2 heterocycles.